The van der Waals surface area contributed by atoms with E-state index in [1.54, 1.807) is 0 Å². The van der Waals surface area contributed by atoms with Crippen LogP contribution in [0, 0.1) is 0 Å². The van der Waals surface area contributed by atoms with E-state index >= 15 is 0 Å². The maximum atomic E-state index is 5.76. The van der Waals surface area contributed by atoms with Gasteiger partial charge in [0.05, 0.1) is 31.1 Å². The lowest BCUT2D eigenvalue weighted by molar-refractivity contribution is 0.0657. The lowest BCUT2D eigenvalue weighted by Crippen LogP contribution is -2.14. The van der Waals surface area contributed by atoms with Gasteiger partial charge in [0.1, 0.15) is 0 Å². The summed E-state index contributed by atoms with van der Waals surface area (Å²) in [5.74, 6) is 0.887. The van der Waals surface area contributed by atoms with E-state index in [-0.39, 0.29) is 6.10 Å². The molecule has 0 N–H and O–H groups in total. The number of rotatable bonds is 4. The van der Waals surface area contributed by atoms with Gasteiger partial charge in [0, 0.05) is 13.0 Å². The van der Waals surface area contributed by atoms with Crippen molar-refractivity contribution >= 4 is 0 Å². The molecular weight excluding hydrogens is 252 g/mol. The highest BCUT2D eigenvalue weighted by molar-refractivity contribution is 5.68. The van der Waals surface area contributed by atoms with Crippen molar-refractivity contribution in [2.24, 2.45) is 0 Å². The summed E-state index contributed by atoms with van der Waals surface area (Å²) in [5.41, 5.74) is 3.38. The van der Waals surface area contributed by atoms with Crippen molar-refractivity contribution in [2.45, 2.75) is 39.5 Å². The third-order valence-corrected chi connectivity index (χ3v) is 3.37. The van der Waals surface area contributed by atoms with Gasteiger partial charge in [-0.25, -0.2) is 4.68 Å². The van der Waals surface area contributed by atoms with Crippen LogP contribution in [0.15, 0.2) is 30.5 Å². The maximum Gasteiger partial charge on any atom is 0.219 e. The zero-order chi connectivity index (χ0) is 13.9. The number of hydrogen-bond acceptors (Lipinski definition) is 3. The van der Waals surface area contributed by atoms with Crippen LogP contribution in [0.3, 0.4) is 0 Å². The Bertz CT molecular complexity index is 590. The summed E-state index contributed by atoms with van der Waals surface area (Å²) >= 11 is 0. The highest BCUT2D eigenvalue weighted by Crippen LogP contribution is 2.32. The third kappa shape index (κ3) is 2.70. The van der Waals surface area contributed by atoms with Crippen LogP contribution in [-0.2, 0) is 17.9 Å². The number of aryl methyl sites for hydroxylation is 1. The van der Waals surface area contributed by atoms with Crippen LogP contribution in [-0.4, -0.2) is 22.5 Å². The number of hydrogen-bond donors (Lipinski definition) is 0. The molecule has 2 heterocycles. The molecule has 1 aromatic heterocycles. The molecule has 4 nitrogen and oxygen atoms in total. The predicted octanol–water partition coefficient (Wildman–Crippen LogP) is 3.26. The molecule has 1 aromatic carbocycles. The van der Waals surface area contributed by atoms with Crippen molar-refractivity contribution in [3.63, 3.8) is 0 Å². The summed E-state index contributed by atoms with van der Waals surface area (Å²) in [6.45, 7) is 6.44. The zero-order valence-electron chi connectivity index (χ0n) is 12.0. The Balaban J connectivity index is 1.86. The van der Waals surface area contributed by atoms with Gasteiger partial charge in [-0.15, -0.1) is 0 Å². The average molecular weight is 272 g/mol. The van der Waals surface area contributed by atoms with Crippen LogP contribution >= 0.6 is 0 Å². The second-order valence-electron chi connectivity index (χ2n) is 5.35. The molecule has 4 heteroatoms. The first-order valence-electron chi connectivity index (χ1n) is 7.13. The van der Waals surface area contributed by atoms with E-state index < -0.39 is 0 Å². The fraction of sp³-hybridized carbons (Fsp3) is 0.438. The van der Waals surface area contributed by atoms with Crippen molar-refractivity contribution in [1.29, 1.82) is 0 Å². The van der Waals surface area contributed by atoms with Crippen molar-refractivity contribution in [1.82, 2.24) is 9.78 Å². The lowest BCUT2D eigenvalue weighted by Gasteiger charge is -2.16. The molecule has 0 bridgehead atoms. The Morgan fingerprint density at radius 2 is 2.30 bits per heavy atom. The normalized spacial score (nSPS) is 14.2. The van der Waals surface area contributed by atoms with Gasteiger partial charge in [0.2, 0.25) is 5.88 Å². The van der Waals surface area contributed by atoms with Crippen LogP contribution < -0.4 is 4.74 Å². The zero-order valence-corrected chi connectivity index (χ0v) is 12.0. The molecule has 1 aliphatic heterocycles. The Kier molecular flexibility index (Phi) is 3.74. The van der Waals surface area contributed by atoms with E-state index in [0.29, 0.717) is 6.61 Å². The van der Waals surface area contributed by atoms with Crippen molar-refractivity contribution in [3.05, 3.63) is 36.0 Å². The Labute approximate surface area is 119 Å². The van der Waals surface area contributed by atoms with Gasteiger partial charge in [-0.05, 0) is 31.0 Å². The molecule has 0 aliphatic carbocycles. The predicted molar refractivity (Wildman–Crippen MR) is 77.7 cm³/mol. The van der Waals surface area contributed by atoms with Gasteiger partial charge in [-0.1, -0.05) is 18.2 Å². The van der Waals surface area contributed by atoms with Gasteiger partial charge >= 0.3 is 0 Å². The van der Waals surface area contributed by atoms with E-state index in [1.165, 1.54) is 5.56 Å². The highest BCUT2D eigenvalue weighted by atomic mass is 16.5. The highest BCUT2D eigenvalue weighted by Gasteiger charge is 2.17. The summed E-state index contributed by atoms with van der Waals surface area (Å²) in [6, 6.07) is 8.39. The fourth-order valence-electron chi connectivity index (χ4n) is 2.36. The van der Waals surface area contributed by atoms with Gasteiger partial charge in [0.15, 0.2) is 0 Å². The van der Waals surface area contributed by atoms with Crippen LogP contribution in [0.2, 0.25) is 0 Å². The molecule has 0 unspecified atom stereocenters. The minimum Gasteiger partial charge on any atom is -0.477 e. The Morgan fingerprint density at radius 3 is 3.15 bits per heavy atom. The van der Waals surface area contributed by atoms with E-state index in [1.807, 2.05) is 24.7 Å². The minimum absolute atomic E-state index is 0.242. The molecule has 0 amide bonds. The first kappa shape index (κ1) is 13.2. The number of benzene rings is 1. The minimum atomic E-state index is 0.242. The lowest BCUT2D eigenvalue weighted by atomic mass is 10.1. The van der Waals surface area contributed by atoms with E-state index in [4.69, 9.17) is 9.47 Å². The van der Waals surface area contributed by atoms with Gasteiger partial charge in [-0.2, -0.15) is 5.10 Å². The Morgan fingerprint density at radius 1 is 1.40 bits per heavy atom. The largest absolute Gasteiger partial charge is 0.477 e. The summed E-state index contributed by atoms with van der Waals surface area (Å²) < 4.78 is 13.4. The third-order valence-electron chi connectivity index (χ3n) is 3.37. The topological polar surface area (TPSA) is 36.3 Å². The quantitative estimate of drug-likeness (QED) is 0.857. The van der Waals surface area contributed by atoms with E-state index in [0.717, 1.165) is 36.6 Å². The number of nitrogens with zero attached hydrogens (tertiary/aromatic N) is 2. The molecular formula is C16H20N2O2. The molecule has 2 aromatic rings. The molecule has 106 valence electrons. The van der Waals surface area contributed by atoms with E-state index in [2.05, 4.69) is 29.4 Å². The molecule has 0 spiro atoms. The molecule has 3 rings (SSSR count). The number of ether oxygens (including phenoxy) is 2. The maximum absolute atomic E-state index is 5.76. The number of fused-ring (bicyclic) bond motifs is 1. The van der Waals surface area contributed by atoms with Gasteiger partial charge < -0.3 is 9.47 Å². The second kappa shape index (κ2) is 5.67. The second-order valence-corrected chi connectivity index (χ2v) is 5.35. The molecule has 0 saturated carbocycles. The fourth-order valence-corrected chi connectivity index (χ4v) is 2.36. The van der Waals surface area contributed by atoms with Crippen molar-refractivity contribution < 1.29 is 9.47 Å². The molecule has 0 atom stereocenters. The Hall–Kier alpha value is -1.81. The van der Waals surface area contributed by atoms with Gasteiger partial charge in [-0.3, -0.25) is 0 Å². The van der Waals surface area contributed by atoms with Crippen LogP contribution in [0.4, 0.5) is 0 Å². The molecule has 0 fully saturated rings. The molecule has 1 aliphatic rings. The van der Waals surface area contributed by atoms with Gasteiger partial charge in [0.25, 0.3) is 0 Å². The summed E-state index contributed by atoms with van der Waals surface area (Å²) in [4.78, 5) is 0. The molecule has 20 heavy (non-hydrogen) atoms. The van der Waals surface area contributed by atoms with Crippen LogP contribution in [0.25, 0.3) is 11.1 Å². The van der Waals surface area contributed by atoms with Crippen LogP contribution in [0.5, 0.6) is 5.88 Å². The first-order valence-corrected chi connectivity index (χ1v) is 7.13. The molecule has 0 radical (unpaired) electrons. The SMILES string of the molecule is CC(C)OCc1cccc(-c2cnn3c2OCCC3)c1. The number of aromatic nitrogens is 2. The molecule has 0 saturated heterocycles. The van der Waals surface area contributed by atoms with Crippen molar-refractivity contribution in [2.75, 3.05) is 6.61 Å². The van der Waals surface area contributed by atoms with Crippen LogP contribution in [0.1, 0.15) is 25.8 Å². The van der Waals surface area contributed by atoms with Crippen molar-refractivity contribution in [3.8, 4) is 17.0 Å². The standard InChI is InChI=1S/C16H20N2O2/c1-12(2)20-11-13-5-3-6-14(9-13)15-10-17-18-7-4-8-19-16(15)18/h3,5-6,9-10,12H,4,7-8,11H2,1-2H3. The monoisotopic (exact) mass is 272 g/mol. The summed E-state index contributed by atoms with van der Waals surface area (Å²) in [6.07, 6.45) is 3.16. The van der Waals surface area contributed by atoms with E-state index in [9.17, 15) is 0 Å². The first-order chi connectivity index (χ1) is 9.74. The smallest absolute Gasteiger partial charge is 0.219 e. The average Bonchev–Trinajstić information content (AvgIpc) is 2.89. The summed E-state index contributed by atoms with van der Waals surface area (Å²) in [7, 11) is 0. The summed E-state index contributed by atoms with van der Waals surface area (Å²) in [5, 5.41) is 4.40.